The Bertz CT molecular complexity index is 864. The molecule has 11 heteroatoms. The summed E-state index contributed by atoms with van der Waals surface area (Å²) in [6.07, 6.45) is -3.73. The van der Waals surface area contributed by atoms with Gasteiger partial charge in [0.2, 0.25) is 11.7 Å². The number of piperazine rings is 1. The number of aliphatic imine (C=N–C) groups is 1. The van der Waals surface area contributed by atoms with Crippen LogP contribution in [0.15, 0.2) is 33.8 Å². The Kier molecular flexibility index (Phi) is 7.19. The molecule has 0 amide bonds. The van der Waals surface area contributed by atoms with Gasteiger partial charge in [-0.05, 0) is 19.1 Å². The highest BCUT2D eigenvalue weighted by molar-refractivity contribution is 6.30. The van der Waals surface area contributed by atoms with Crippen LogP contribution in [0.1, 0.15) is 12.8 Å². The van der Waals surface area contributed by atoms with Crippen LogP contribution < -0.4 is 5.32 Å². The van der Waals surface area contributed by atoms with E-state index in [-0.39, 0.29) is 0 Å². The van der Waals surface area contributed by atoms with Gasteiger partial charge in [0.1, 0.15) is 6.04 Å². The number of alkyl halides is 3. The van der Waals surface area contributed by atoms with Crippen molar-refractivity contribution in [3.63, 3.8) is 0 Å². The minimum atomic E-state index is -4.21. The number of hydrogen-bond acceptors (Lipinski definition) is 5. The molecule has 1 unspecified atom stereocenters. The maximum atomic E-state index is 12.9. The average molecular weight is 445 g/mol. The van der Waals surface area contributed by atoms with Gasteiger partial charge in [0.25, 0.3) is 0 Å². The van der Waals surface area contributed by atoms with E-state index in [4.69, 9.17) is 16.1 Å². The number of benzene rings is 1. The molecule has 2 heterocycles. The van der Waals surface area contributed by atoms with Gasteiger partial charge in [-0.25, -0.2) is 0 Å². The molecule has 164 valence electrons. The molecule has 1 aliphatic heterocycles. The summed E-state index contributed by atoms with van der Waals surface area (Å²) >= 11 is 5.99. The van der Waals surface area contributed by atoms with Gasteiger partial charge in [0.05, 0.1) is 0 Å². The summed E-state index contributed by atoms with van der Waals surface area (Å²) in [6.45, 7) is 3.30. The van der Waals surface area contributed by atoms with Crippen molar-refractivity contribution in [2.45, 2.75) is 25.6 Å². The van der Waals surface area contributed by atoms with Crippen LogP contribution in [0.25, 0.3) is 11.4 Å². The number of nitrogens with zero attached hydrogens (tertiary/aromatic N) is 5. The van der Waals surface area contributed by atoms with Gasteiger partial charge in [0, 0.05) is 56.8 Å². The zero-order chi connectivity index (χ0) is 21.7. The molecule has 30 heavy (non-hydrogen) atoms. The number of rotatable bonds is 5. The van der Waals surface area contributed by atoms with Crippen LogP contribution in [0.3, 0.4) is 0 Å². The molecular weight excluding hydrogens is 421 g/mol. The highest BCUT2D eigenvalue weighted by atomic mass is 35.5. The van der Waals surface area contributed by atoms with Gasteiger partial charge in [0.15, 0.2) is 5.96 Å². The predicted octanol–water partition coefficient (Wildman–Crippen LogP) is 3.08. The Hall–Kier alpha value is -2.33. The molecule has 0 aliphatic carbocycles. The van der Waals surface area contributed by atoms with E-state index in [1.54, 1.807) is 19.2 Å². The minimum Gasteiger partial charge on any atom is -0.356 e. The maximum absolute atomic E-state index is 12.9. The summed E-state index contributed by atoms with van der Waals surface area (Å²) in [7, 11) is 1.65. The molecule has 0 spiro atoms. The summed E-state index contributed by atoms with van der Waals surface area (Å²) in [5, 5.41) is 7.77. The van der Waals surface area contributed by atoms with Gasteiger partial charge in [-0.15, -0.1) is 0 Å². The molecule has 1 aliphatic rings. The second-order valence-electron chi connectivity index (χ2n) is 6.99. The fourth-order valence-corrected chi connectivity index (χ4v) is 3.43. The molecule has 1 aromatic heterocycles. The number of hydrogen-bond donors (Lipinski definition) is 1. The van der Waals surface area contributed by atoms with Crippen LogP contribution in [-0.4, -0.2) is 77.9 Å². The van der Waals surface area contributed by atoms with E-state index < -0.39 is 12.2 Å². The Morgan fingerprint density at radius 3 is 2.67 bits per heavy atom. The summed E-state index contributed by atoms with van der Waals surface area (Å²) in [5.41, 5.74) is 0.771. The molecule has 2 aromatic rings. The zero-order valence-corrected chi connectivity index (χ0v) is 17.5. The van der Waals surface area contributed by atoms with Crippen molar-refractivity contribution in [3.8, 4) is 11.4 Å². The quantitative estimate of drug-likeness (QED) is 0.564. The van der Waals surface area contributed by atoms with E-state index in [0.29, 0.717) is 61.8 Å². The third kappa shape index (κ3) is 5.63. The Balaban J connectivity index is 1.48. The molecule has 0 bridgehead atoms. The highest BCUT2D eigenvalue weighted by Gasteiger charge is 2.41. The molecule has 1 atom stereocenters. The first-order valence-corrected chi connectivity index (χ1v) is 10.0. The van der Waals surface area contributed by atoms with Crippen LogP contribution in [0, 0.1) is 0 Å². The summed E-state index contributed by atoms with van der Waals surface area (Å²) < 4.78 is 44.0. The van der Waals surface area contributed by atoms with Gasteiger partial charge in [-0.1, -0.05) is 28.9 Å². The van der Waals surface area contributed by atoms with E-state index in [0.717, 1.165) is 5.56 Å². The lowest BCUT2D eigenvalue weighted by Crippen LogP contribution is -2.56. The van der Waals surface area contributed by atoms with Gasteiger partial charge >= 0.3 is 6.18 Å². The highest BCUT2D eigenvalue weighted by Crippen LogP contribution is 2.25. The maximum Gasteiger partial charge on any atom is 0.403 e. The Morgan fingerprint density at radius 1 is 1.30 bits per heavy atom. The lowest BCUT2D eigenvalue weighted by atomic mass is 10.2. The molecule has 7 nitrogen and oxygen atoms in total. The van der Waals surface area contributed by atoms with Crippen LogP contribution >= 0.6 is 11.6 Å². The van der Waals surface area contributed by atoms with E-state index in [9.17, 15) is 13.2 Å². The molecule has 3 rings (SSSR count). The van der Waals surface area contributed by atoms with E-state index in [1.165, 1.54) is 11.8 Å². The smallest absolute Gasteiger partial charge is 0.356 e. The lowest BCUT2D eigenvalue weighted by molar-refractivity contribution is -0.181. The van der Waals surface area contributed by atoms with Crippen molar-refractivity contribution < 1.29 is 17.7 Å². The third-order valence-electron chi connectivity index (χ3n) is 5.02. The van der Waals surface area contributed by atoms with Gasteiger partial charge in [-0.2, -0.15) is 18.2 Å². The molecular formula is C19H24ClF3N6O. The minimum absolute atomic E-state index is 0.327. The SMILES string of the molecule is CN=C(NCCc1nc(-c2cccc(Cl)c2)no1)N1CCN(C(C)C(F)(F)F)CC1. The van der Waals surface area contributed by atoms with Crippen LogP contribution in [0.4, 0.5) is 13.2 Å². The first kappa shape index (κ1) is 22.4. The topological polar surface area (TPSA) is 69.8 Å². The monoisotopic (exact) mass is 444 g/mol. The molecule has 1 fully saturated rings. The molecule has 1 aromatic carbocycles. The molecule has 1 saturated heterocycles. The van der Waals surface area contributed by atoms with Gasteiger partial charge < -0.3 is 14.7 Å². The average Bonchev–Trinajstić information content (AvgIpc) is 3.19. The van der Waals surface area contributed by atoms with Gasteiger partial charge in [-0.3, -0.25) is 9.89 Å². The normalized spacial score (nSPS) is 17.3. The molecule has 0 saturated carbocycles. The third-order valence-corrected chi connectivity index (χ3v) is 5.26. The standard InChI is InChI=1S/C19H24ClF3N6O/c1-13(19(21,22)23)28-8-10-29(11-9-28)18(24-2)25-7-6-16-26-17(27-30-16)14-4-3-5-15(20)12-14/h3-5,12-13H,6-11H2,1-2H3,(H,24,25). The number of aromatic nitrogens is 2. The Morgan fingerprint density at radius 2 is 2.03 bits per heavy atom. The lowest BCUT2D eigenvalue weighted by Gasteiger charge is -2.39. The van der Waals surface area contributed by atoms with Crippen molar-refractivity contribution in [1.29, 1.82) is 0 Å². The number of nitrogens with one attached hydrogen (secondary N) is 1. The van der Waals surface area contributed by atoms with Crippen LogP contribution in [-0.2, 0) is 6.42 Å². The molecule has 0 radical (unpaired) electrons. The van der Waals surface area contributed by atoms with Crippen molar-refractivity contribution in [2.75, 3.05) is 39.8 Å². The first-order valence-electron chi connectivity index (χ1n) is 9.63. The van der Waals surface area contributed by atoms with Crippen molar-refractivity contribution in [2.24, 2.45) is 4.99 Å². The zero-order valence-electron chi connectivity index (χ0n) is 16.8. The largest absolute Gasteiger partial charge is 0.403 e. The summed E-state index contributed by atoms with van der Waals surface area (Å²) in [6, 6.07) is 5.75. The second kappa shape index (κ2) is 9.65. The van der Waals surface area contributed by atoms with E-state index >= 15 is 0 Å². The fourth-order valence-electron chi connectivity index (χ4n) is 3.24. The van der Waals surface area contributed by atoms with Crippen LogP contribution in [0.5, 0.6) is 0 Å². The summed E-state index contributed by atoms with van der Waals surface area (Å²) in [4.78, 5) is 12.0. The summed E-state index contributed by atoms with van der Waals surface area (Å²) in [5.74, 6) is 1.58. The Labute approximate surface area is 177 Å². The van der Waals surface area contributed by atoms with Crippen molar-refractivity contribution in [1.82, 2.24) is 25.3 Å². The van der Waals surface area contributed by atoms with E-state index in [2.05, 4.69) is 20.4 Å². The first-order chi connectivity index (χ1) is 14.3. The number of halogens is 4. The van der Waals surface area contributed by atoms with Crippen LogP contribution in [0.2, 0.25) is 5.02 Å². The predicted molar refractivity (Wildman–Crippen MR) is 108 cm³/mol. The van der Waals surface area contributed by atoms with E-state index in [1.807, 2.05) is 17.0 Å². The fraction of sp³-hybridized carbons (Fsp3) is 0.526. The number of guanidine groups is 1. The second-order valence-corrected chi connectivity index (χ2v) is 7.42. The van der Waals surface area contributed by atoms with Crippen molar-refractivity contribution >= 4 is 17.6 Å². The molecule has 1 N–H and O–H groups in total. The van der Waals surface area contributed by atoms with Crippen molar-refractivity contribution in [3.05, 3.63) is 35.2 Å².